The number of carbonyl (C=O) groups excluding carboxylic acids is 2. The molecule has 2 rings (SSSR count). The van der Waals surface area contributed by atoms with Crippen molar-refractivity contribution in [2.45, 2.75) is 20.4 Å². The molecule has 2 amide bonds. The average Bonchev–Trinajstić information content (AvgIpc) is 2.98. The van der Waals surface area contributed by atoms with Gasteiger partial charge in [-0.05, 0) is 37.6 Å². The lowest BCUT2D eigenvalue weighted by atomic mass is 10.1. The molecule has 0 aliphatic carbocycles. The summed E-state index contributed by atoms with van der Waals surface area (Å²) in [5, 5.41) is 5.29. The molecule has 0 radical (unpaired) electrons. The number of aryl methyl sites for hydroxylation is 2. The summed E-state index contributed by atoms with van der Waals surface area (Å²) in [6, 6.07) is 9.17. The van der Waals surface area contributed by atoms with Gasteiger partial charge in [0, 0.05) is 5.56 Å². The zero-order valence-electron chi connectivity index (χ0n) is 12.1. The molecule has 5 heteroatoms. The van der Waals surface area contributed by atoms with Crippen molar-refractivity contribution in [1.29, 1.82) is 0 Å². The lowest BCUT2D eigenvalue weighted by molar-refractivity contribution is -0.120. The molecule has 1 aromatic heterocycles. The summed E-state index contributed by atoms with van der Waals surface area (Å²) in [5.41, 5.74) is 2.48. The lowest BCUT2D eigenvalue weighted by Crippen LogP contribution is -2.36. The second-order valence-corrected chi connectivity index (χ2v) is 4.86. The van der Waals surface area contributed by atoms with Crippen molar-refractivity contribution in [2.24, 2.45) is 0 Å². The van der Waals surface area contributed by atoms with E-state index in [1.165, 1.54) is 0 Å². The van der Waals surface area contributed by atoms with Crippen LogP contribution in [0.15, 0.2) is 41.0 Å². The average molecular weight is 286 g/mol. The van der Waals surface area contributed by atoms with Crippen LogP contribution in [0, 0.1) is 13.8 Å². The van der Waals surface area contributed by atoms with Crippen LogP contribution in [0.5, 0.6) is 0 Å². The summed E-state index contributed by atoms with van der Waals surface area (Å²) in [6.07, 6.45) is 1.55. The Hall–Kier alpha value is -2.56. The van der Waals surface area contributed by atoms with Crippen LogP contribution >= 0.6 is 0 Å². The maximum absolute atomic E-state index is 12.0. The van der Waals surface area contributed by atoms with Crippen molar-refractivity contribution in [2.75, 3.05) is 6.54 Å². The lowest BCUT2D eigenvalue weighted by Gasteiger charge is -2.08. The molecule has 110 valence electrons. The van der Waals surface area contributed by atoms with E-state index >= 15 is 0 Å². The summed E-state index contributed by atoms with van der Waals surface area (Å²) in [5.74, 6) is 0.165. The molecular weight excluding hydrogens is 268 g/mol. The monoisotopic (exact) mass is 286 g/mol. The molecule has 1 aromatic carbocycles. The fourth-order valence-electron chi connectivity index (χ4n) is 1.90. The molecule has 1 heterocycles. The molecular formula is C16H18N2O3. The third-order valence-corrected chi connectivity index (χ3v) is 3.09. The quantitative estimate of drug-likeness (QED) is 0.882. The van der Waals surface area contributed by atoms with Crippen molar-refractivity contribution in [1.82, 2.24) is 10.6 Å². The van der Waals surface area contributed by atoms with Gasteiger partial charge in [-0.25, -0.2) is 0 Å². The maximum atomic E-state index is 12.0. The van der Waals surface area contributed by atoms with Crippen LogP contribution in [0.4, 0.5) is 0 Å². The summed E-state index contributed by atoms with van der Waals surface area (Å²) in [4.78, 5) is 23.7. The summed E-state index contributed by atoms with van der Waals surface area (Å²) < 4.78 is 5.11. The zero-order valence-corrected chi connectivity index (χ0v) is 12.1. The van der Waals surface area contributed by atoms with Crippen LogP contribution < -0.4 is 10.6 Å². The van der Waals surface area contributed by atoms with Gasteiger partial charge >= 0.3 is 0 Å². The van der Waals surface area contributed by atoms with Crippen LogP contribution in [0.2, 0.25) is 0 Å². The Morgan fingerprint density at radius 3 is 2.67 bits per heavy atom. The topological polar surface area (TPSA) is 71.3 Å². The number of nitrogens with one attached hydrogen (secondary N) is 2. The highest BCUT2D eigenvalue weighted by Gasteiger charge is 2.10. The molecule has 0 aliphatic heterocycles. The summed E-state index contributed by atoms with van der Waals surface area (Å²) in [6.45, 7) is 4.04. The van der Waals surface area contributed by atoms with Crippen molar-refractivity contribution in [3.8, 4) is 0 Å². The van der Waals surface area contributed by atoms with Gasteiger partial charge in [0.2, 0.25) is 5.91 Å². The first-order valence-electron chi connectivity index (χ1n) is 6.71. The Bertz CT molecular complexity index is 633. The van der Waals surface area contributed by atoms with E-state index in [-0.39, 0.29) is 18.4 Å². The van der Waals surface area contributed by atoms with Crippen molar-refractivity contribution in [3.05, 3.63) is 59.0 Å². The van der Waals surface area contributed by atoms with Crippen molar-refractivity contribution >= 4 is 11.8 Å². The van der Waals surface area contributed by atoms with E-state index in [0.29, 0.717) is 17.9 Å². The molecule has 21 heavy (non-hydrogen) atoms. The number of carbonyl (C=O) groups is 2. The standard InChI is InChI=1S/C16H18N2O3/c1-11-5-6-12(2)14(8-11)16(20)18-10-15(19)17-9-13-4-3-7-21-13/h3-8H,9-10H2,1-2H3,(H,17,19)(H,18,20). The van der Waals surface area contributed by atoms with E-state index in [2.05, 4.69) is 10.6 Å². The first-order chi connectivity index (χ1) is 10.1. The van der Waals surface area contributed by atoms with Gasteiger partial charge < -0.3 is 15.1 Å². The molecule has 0 bridgehead atoms. The second-order valence-electron chi connectivity index (χ2n) is 4.86. The second kappa shape index (κ2) is 6.74. The smallest absolute Gasteiger partial charge is 0.251 e. The number of hydrogen-bond acceptors (Lipinski definition) is 3. The Balaban J connectivity index is 1.83. The number of hydrogen-bond donors (Lipinski definition) is 2. The molecule has 0 saturated heterocycles. The third kappa shape index (κ3) is 4.21. The molecule has 0 spiro atoms. The van der Waals surface area contributed by atoms with Gasteiger partial charge in [0.05, 0.1) is 19.4 Å². The Morgan fingerprint density at radius 2 is 1.95 bits per heavy atom. The van der Waals surface area contributed by atoms with Crippen LogP contribution in [-0.4, -0.2) is 18.4 Å². The van der Waals surface area contributed by atoms with E-state index in [1.807, 2.05) is 32.0 Å². The number of rotatable bonds is 5. The third-order valence-electron chi connectivity index (χ3n) is 3.09. The van der Waals surface area contributed by atoms with Gasteiger partial charge in [0.1, 0.15) is 5.76 Å². The maximum Gasteiger partial charge on any atom is 0.251 e. The minimum atomic E-state index is -0.259. The van der Waals surface area contributed by atoms with Gasteiger partial charge in [0.15, 0.2) is 0 Å². The van der Waals surface area contributed by atoms with E-state index in [9.17, 15) is 9.59 Å². The van der Waals surface area contributed by atoms with Crippen LogP contribution in [0.3, 0.4) is 0 Å². The minimum absolute atomic E-state index is 0.0626. The minimum Gasteiger partial charge on any atom is -0.467 e. The molecule has 0 aliphatic rings. The highest BCUT2D eigenvalue weighted by atomic mass is 16.3. The van der Waals surface area contributed by atoms with Crippen LogP contribution in [0.25, 0.3) is 0 Å². The van der Waals surface area contributed by atoms with E-state index < -0.39 is 0 Å². The van der Waals surface area contributed by atoms with E-state index in [0.717, 1.165) is 11.1 Å². The Labute approximate surface area is 123 Å². The van der Waals surface area contributed by atoms with Crippen LogP contribution in [-0.2, 0) is 11.3 Å². The van der Waals surface area contributed by atoms with Gasteiger partial charge in [0.25, 0.3) is 5.91 Å². The molecule has 5 nitrogen and oxygen atoms in total. The molecule has 0 fully saturated rings. The van der Waals surface area contributed by atoms with Gasteiger partial charge in [-0.1, -0.05) is 17.7 Å². The Kier molecular flexibility index (Phi) is 4.77. The van der Waals surface area contributed by atoms with Crippen molar-refractivity contribution < 1.29 is 14.0 Å². The predicted molar refractivity (Wildman–Crippen MR) is 78.8 cm³/mol. The largest absolute Gasteiger partial charge is 0.467 e. The van der Waals surface area contributed by atoms with Gasteiger partial charge in [-0.2, -0.15) is 0 Å². The fraction of sp³-hybridized carbons (Fsp3) is 0.250. The molecule has 2 aromatic rings. The first kappa shape index (κ1) is 14.8. The van der Waals surface area contributed by atoms with Gasteiger partial charge in [-0.3, -0.25) is 9.59 Å². The molecule has 2 N–H and O–H groups in total. The highest BCUT2D eigenvalue weighted by molar-refractivity contribution is 5.97. The van der Waals surface area contributed by atoms with E-state index in [4.69, 9.17) is 4.42 Å². The van der Waals surface area contributed by atoms with Gasteiger partial charge in [-0.15, -0.1) is 0 Å². The molecule has 0 unspecified atom stereocenters. The summed E-state index contributed by atoms with van der Waals surface area (Å²) in [7, 11) is 0. The number of benzene rings is 1. The molecule has 0 atom stereocenters. The van der Waals surface area contributed by atoms with Crippen LogP contribution in [0.1, 0.15) is 27.2 Å². The number of amides is 2. The van der Waals surface area contributed by atoms with E-state index in [1.54, 1.807) is 18.4 Å². The summed E-state index contributed by atoms with van der Waals surface area (Å²) >= 11 is 0. The first-order valence-corrected chi connectivity index (χ1v) is 6.71. The predicted octanol–water partition coefficient (Wildman–Crippen LogP) is 1.94. The number of furan rings is 1. The SMILES string of the molecule is Cc1ccc(C)c(C(=O)NCC(=O)NCc2ccco2)c1. The zero-order chi connectivity index (χ0) is 15.2. The normalized spacial score (nSPS) is 10.2. The fourth-order valence-corrected chi connectivity index (χ4v) is 1.90. The van der Waals surface area contributed by atoms with Crippen molar-refractivity contribution in [3.63, 3.8) is 0 Å². The Morgan fingerprint density at radius 1 is 1.14 bits per heavy atom. The molecule has 0 saturated carbocycles. The highest BCUT2D eigenvalue weighted by Crippen LogP contribution is 2.10.